The van der Waals surface area contributed by atoms with E-state index in [2.05, 4.69) is 10.6 Å². The minimum Gasteiger partial charge on any atom is -0.317 e. The van der Waals surface area contributed by atoms with Crippen molar-refractivity contribution in [1.82, 2.24) is 5.32 Å². The molecule has 1 aromatic carbocycles. The fourth-order valence-electron chi connectivity index (χ4n) is 1.91. The Hall–Kier alpha value is -2.02. The minimum absolute atomic E-state index is 0.374. The molecule has 0 bridgehead atoms. The fraction of sp³-hybridized carbons (Fsp3) is 0.364. The molecular weight excluding hydrogens is 241 g/mol. The van der Waals surface area contributed by atoms with Crippen molar-refractivity contribution in [3.05, 3.63) is 34.1 Å². The second-order valence-electron chi connectivity index (χ2n) is 4.03. The topological polar surface area (TPSA) is 84.3 Å². The van der Waals surface area contributed by atoms with E-state index in [1.807, 2.05) is 0 Å². The van der Waals surface area contributed by atoms with Crippen LogP contribution in [0.3, 0.4) is 0 Å². The third-order valence-corrected chi connectivity index (χ3v) is 2.81. The number of carbonyl (C=O) groups excluding carboxylic acids is 1. The van der Waals surface area contributed by atoms with Crippen LogP contribution in [0.2, 0.25) is 0 Å². The summed E-state index contributed by atoms with van der Waals surface area (Å²) in [7, 11) is 0. The number of hydrogen-bond donors (Lipinski definition) is 2. The molecule has 7 heteroatoms. The summed E-state index contributed by atoms with van der Waals surface area (Å²) in [5, 5.41) is 16.0. The number of nitrogens with zero attached hydrogens (tertiary/aromatic N) is 1. The molecule has 1 aliphatic rings. The number of halogens is 1. The van der Waals surface area contributed by atoms with Gasteiger partial charge in [0.05, 0.1) is 11.0 Å². The van der Waals surface area contributed by atoms with Gasteiger partial charge in [0.25, 0.3) is 5.69 Å². The predicted molar refractivity (Wildman–Crippen MR) is 62.7 cm³/mol. The largest absolute Gasteiger partial charge is 0.317 e. The first-order chi connectivity index (χ1) is 8.59. The summed E-state index contributed by atoms with van der Waals surface area (Å²) in [5.41, 5.74) is -0.817. The SMILES string of the molecule is O=C(Nc1c(F)cccc1[N+](=O)[O-])C1CCCN1. The lowest BCUT2D eigenvalue weighted by Crippen LogP contribution is -2.35. The third-order valence-electron chi connectivity index (χ3n) is 2.81. The smallest absolute Gasteiger partial charge is 0.295 e. The lowest BCUT2D eigenvalue weighted by atomic mass is 10.2. The van der Waals surface area contributed by atoms with Crippen LogP contribution in [0.15, 0.2) is 18.2 Å². The summed E-state index contributed by atoms with van der Waals surface area (Å²) in [5.74, 6) is -1.25. The fourth-order valence-corrected chi connectivity index (χ4v) is 1.91. The molecule has 1 aromatic rings. The molecular formula is C11H12FN3O3. The van der Waals surface area contributed by atoms with Crippen molar-refractivity contribution in [3.63, 3.8) is 0 Å². The molecule has 1 atom stereocenters. The highest BCUT2D eigenvalue weighted by atomic mass is 19.1. The second-order valence-corrected chi connectivity index (χ2v) is 4.03. The number of para-hydroxylation sites is 1. The molecule has 1 amide bonds. The Kier molecular flexibility index (Phi) is 3.52. The van der Waals surface area contributed by atoms with Crippen LogP contribution in [-0.4, -0.2) is 23.4 Å². The molecule has 1 fully saturated rings. The Morgan fingerprint density at radius 2 is 2.33 bits per heavy atom. The van der Waals surface area contributed by atoms with E-state index in [9.17, 15) is 19.3 Å². The minimum atomic E-state index is -0.810. The average Bonchev–Trinajstić information content (AvgIpc) is 2.85. The highest BCUT2D eigenvalue weighted by Crippen LogP contribution is 2.27. The van der Waals surface area contributed by atoms with Gasteiger partial charge in [0.1, 0.15) is 0 Å². The van der Waals surface area contributed by atoms with Crippen molar-refractivity contribution in [2.24, 2.45) is 0 Å². The summed E-state index contributed by atoms with van der Waals surface area (Å²) in [6.07, 6.45) is 1.51. The van der Waals surface area contributed by atoms with Crippen molar-refractivity contribution in [3.8, 4) is 0 Å². The van der Waals surface area contributed by atoms with Gasteiger partial charge in [0.15, 0.2) is 11.5 Å². The number of benzene rings is 1. The van der Waals surface area contributed by atoms with Crippen molar-refractivity contribution >= 4 is 17.3 Å². The van der Waals surface area contributed by atoms with Crippen LogP contribution in [0.1, 0.15) is 12.8 Å². The standard InChI is InChI=1S/C11H12FN3O3/c12-7-3-1-5-9(15(17)18)10(7)14-11(16)8-4-2-6-13-8/h1,3,5,8,13H,2,4,6H2,(H,14,16). The van der Waals surface area contributed by atoms with E-state index in [0.717, 1.165) is 25.1 Å². The van der Waals surface area contributed by atoms with Gasteiger partial charge in [-0.25, -0.2) is 4.39 Å². The molecule has 1 unspecified atom stereocenters. The number of nitrogens with one attached hydrogen (secondary N) is 2. The van der Waals surface area contributed by atoms with Crippen molar-refractivity contribution in [2.75, 3.05) is 11.9 Å². The summed E-state index contributed by atoms with van der Waals surface area (Å²) in [4.78, 5) is 21.8. The van der Waals surface area contributed by atoms with Gasteiger partial charge in [-0.2, -0.15) is 0 Å². The Balaban J connectivity index is 2.22. The Bertz CT molecular complexity index is 486. The third kappa shape index (κ3) is 2.45. The predicted octanol–water partition coefficient (Wildman–Crippen LogP) is 1.42. The van der Waals surface area contributed by atoms with Crippen LogP contribution in [0.4, 0.5) is 15.8 Å². The van der Waals surface area contributed by atoms with Gasteiger partial charge in [0.2, 0.25) is 5.91 Å². The maximum atomic E-state index is 13.5. The molecule has 2 rings (SSSR count). The Morgan fingerprint density at radius 1 is 1.56 bits per heavy atom. The summed E-state index contributed by atoms with van der Waals surface area (Å²) in [6.45, 7) is 0.720. The molecule has 0 aliphatic carbocycles. The van der Waals surface area contributed by atoms with E-state index in [0.29, 0.717) is 6.42 Å². The van der Waals surface area contributed by atoms with E-state index in [1.165, 1.54) is 6.07 Å². The van der Waals surface area contributed by atoms with Crippen molar-refractivity contribution < 1.29 is 14.1 Å². The van der Waals surface area contributed by atoms with Crippen LogP contribution in [-0.2, 0) is 4.79 Å². The van der Waals surface area contributed by atoms with Crippen molar-refractivity contribution in [1.29, 1.82) is 0 Å². The zero-order chi connectivity index (χ0) is 13.1. The van der Waals surface area contributed by atoms with Crippen LogP contribution in [0.25, 0.3) is 0 Å². The molecule has 6 nitrogen and oxygen atoms in total. The molecule has 1 saturated heterocycles. The first kappa shape index (κ1) is 12.4. The molecule has 0 aromatic heterocycles. The number of carbonyl (C=O) groups is 1. The van der Waals surface area contributed by atoms with Gasteiger partial charge in [-0.15, -0.1) is 0 Å². The zero-order valence-corrected chi connectivity index (χ0v) is 9.48. The number of hydrogen-bond acceptors (Lipinski definition) is 4. The Labute approximate surface area is 102 Å². The van der Waals surface area contributed by atoms with E-state index >= 15 is 0 Å². The number of rotatable bonds is 3. The molecule has 0 spiro atoms. The second kappa shape index (κ2) is 5.09. The first-order valence-corrected chi connectivity index (χ1v) is 5.57. The van der Waals surface area contributed by atoms with Gasteiger partial charge in [0, 0.05) is 6.07 Å². The molecule has 1 heterocycles. The highest BCUT2D eigenvalue weighted by Gasteiger charge is 2.26. The van der Waals surface area contributed by atoms with Crippen LogP contribution >= 0.6 is 0 Å². The molecule has 96 valence electrons. The van der Waals surface area contributed by atoms with Crippen LogP contribution in [0, 0.1) is 15.9 Å². The highest BCUT2D eigenvalue weighted by molar-refractivity contribution is 5.97. The summed E-state index contributed by atoms with van der Waals surface area (Å²) < 4.78 is 13.5. The van der Waals surface area contributed by atoms with Gasteiger partial charge < -0.3 is 10.6 Å². The normalized spacial score (nSPS) is 18.6. The molecule has 1 aliphatic heterocycles. The number of nitro groups is 1. The first-order valence-electron chi connectivity index (χ1n) is 5.57. The summed E-state index contributed by atoms with van der Waals surface area (Å²) >= 11 is 0. The van der Waals surface area contributed by atoms with Crippen LogP contribution < -0.4 is 10.6 Å². The van der Waals surface area contributed by atoms with E-state index < -0.39 is 28.4 Å². The maximum absolute atomic E-state index is 13.5. The molecule has 2 N–H and O–H groups in total. The van der Waals surface area contributed by atoms with Gasteiger partial charge in [-0.1, -0.05) is 6.07 Å². The number of amides is 1. The van der Waals surface area contributed by atoms with E-state index in [-0.39, 0.29) is 5.69 Å². The van der Waals surface area contributed by atoms with Gasteiger partial charge >= 0.3 is 0 Å². The quantitative estimate of drug-likeness (QED) is 0.630. The van der Waals surface area contributed by atoms with Crippen LogP contribution in [0.5, 0.6) is 0 Å². The summed E-state index contributed by atoms with van der Waals surface area (Å²) in [6, 6.07) is 3.05. The molecule has 0 saturated carbocycles. The van der Waals surface area contributed by atoms with E-state index in [1.54, 1.807) is 0 Å². The van der Waals surface area contributed by atoms with Gasteiger partial charge in [-0.3, -0.25) is 14.9 Å². The lowest BCUT2D eigenvalue weighted by molar-refractivity contribution is -0.384. The van der Waals surface area contributed by atoms with E-state index in [4.69, 9.17) is 0 Å². The molecule has 18 heavy (non-hydrogen) atoms. The monoisotopic (exact) mass is 253 g/mol. The zero-order valence-electron chi connectivity index (χ0n) is 9.48. The number of anilines is 1. The average molecular weight is 253 g/mol. The van der Waals surface area contributed by atoms with Gasteiger partial charge in [-0.05, 0) is 25.5 Å². The number of nitro benzene ring substituents is 1. The Morgan fingerprint density at radius 3 is 2.94 bits per heavy atom. The lowest BCUT2D eigenvalue weighted by Gasteiger charge is -2.11. The van der Waals surface area contributed by atoms with Crippen molar-refractivity contribution in [2.45, 2.75) is 18.9 Å². The molecule has 0 radical (unpaired) electrons. The maximum Gasteiger partial charge on any atom is 0.295 e.